The van der Waals surface area contributed by atoms with Crippen molar-refractivity contribution in [2.24, 2.45) is 11.8 Å². The van der Waals surface area contributed by atoms with Crippen molar-refractivity contribution >= 4 is 22.8 Å². The number of nitrogens with one attached hydrogen (secondary N) is 1. The lowest BCUT2D eigenvalue weighted by atomic mass is 9.92. The third kappa shape index (κ3) is 3.09. The normalized spacial score (nSPS) is 19.6. The van der Waals surface area contributed by atoms with Crippen molar-refractivity contribution in [1.29, 1.82) is 0 Å². The molecule has 1 aliphatic heterocycles. The zero-order valence-corrected chi connectivity index (χ0v) is 18.6. The molecule has 6 rings (SSSR count). The van der Waals surface area contributed by atoms with Gasteiger partial charge in [-0.3, -0.25) is 14.6 Å². The van der Waals surface area contributed by atoms with Crippen LogP contribution >= 0.6 is 0 Å². The first-order valence-corrected chi connectivity index (χ1v) is 11.4. The fourth-order valence-corrected chi connectivity index (χ4v) is 5.48. The van der Waals surface area contributed by atoms with Crippen molar-refractivity contribution in [3.8, 4) is 22.4 Å². The van der Waals surface area contributed by atoms with E-state index in [4.69, 9.17) is 9.97 Å². The number of aromatic nitrogens is 3. The first-order valence-electron chi connectivity index (χ1n) is 11.4. The molecule has 0 unspecified atom stereocenters. The minimum absolute atomic E-state index is 0.101. The molecule has 1 aliphatic carbocycles. The number of nitrogens with zero attached hydrogens (tertiary/aromatic N) is 3. The molecule has 2 atom stereocenters. The number of benzene rings is 2. The van der Waals surface area contributed by atoms with Crippen LogP contribution in [-0.4, -0.2) is 33.8 Å². The molecule has 164 valence electrons. The highest BCUT2D eigenvalue weighted by Gasteiger charge is 2.34. The predicted molar refractivity (Wildman–Crippen MR) is 130 cm³/mol. The Morgan fingerprint density at radius 1 is 0.848 bits per heavy atom. The van der Waals surface area contributed by atoms with Crippen LogP contribution in [0.5, 0.6) is 0 Å². The molecule has 1 fully saturated rings. The average molecular weight is 437 g/mol. The Labute approximate surface area is 191 Å². The van der Waals surface area contributed by atoms with E-state index in [9.17, 15) is 9.59 Å². The summed E-state index contributed by atoms with van der Waals surface area (Å²) in [7, 11) is 0. The smallest absolute Gasteiger partial charge is 0.262 e. The second kappa shape index (κ2) is 7.37. The van der Waals surface area contributed by atoms with Gasteiger partial charge in [-0.25, -0.2) is 4.98 Å². The molecule has 4 aromatic rings. The van der Waals surface area contributed by atoms with Crippen LogP contribution in [0.1, 0.15) is 36.2 Å². The van der Waals surface area contributed by atoms with E-state index in [0.717, 1.165) is 30.6 Å². The number of H-pyrrole nitrogens is 1. The number of hydrogen-bond donors (Lipinski definition) is 1. The summed E-state index contributed by atoms with van der Waals surface area (Å²) >= 11 is 0. The molecule has 3 heterocycles. The molecular formula is C27H24N4O2. The lowest BCUT2D eigenvalue weighted by molar-refractivity contribution is 0.104. The van der Waals surface area contributed by atoms with Crippen LogP contribution in [0.25, 0.3) is 33.4 Å². The number of carbonyl (C=O) groups is 1. The van der Waals surface area contributed by atoms with Crippen LogP contribution in [0.15, 0.2) is 59.4 Å². The summed E-state index contributed by atoms with van der Waals surface area (Å²) in [6, 6.07) is 17.1. The SMILES string of the molecule is C[C@H]1C[C@H](C)CN(c2nc3nc4c(c(-c5ccccc5)c3c(=O)[nH]2)C(=O)c2ccccc2-4)C1. The fourth-order valence-electron chi connectivity index (χ4n) is 5.48. The summed E-state index contributed by atoms with van der Waals surface area (Å²) in [5.41, 5.74) is 4.02. The topological polar surface area (TPSA) is 79.0 Å². The molecule has 0 saturated carbocycles. The van der Waals surface area contributed by atoms with Crippen LogP contribution in [0.2, 0.25) is 0 Å². The largest absolute Gasteiger partial charge is 0.342 e. The van der Waals surface area contributed by atoms with Gasteiger partial charge in [-0.2, -0.15) is 4.98 Å². The van der Waals surface area contributed by atoms with Crippen LogP contribution in [0, 0.1) is 11.8 Å². The number of anilines is 1. The van der Waals surface area contributed by atoms with Gasteiger partial charge in [-0.1, -0.05) is 68.4 Å². The Morgan fingerprint density at radius 2 is 1.52 bits per heavy atom. The van der Waals surface area contributed by atoms with Crippen LogP contribution in [0.3, 0.4) is 0 Å². The van der Waals surface area contributed by atoms with Crippen molar-refractivity contribution in [2.75, 3.05) is 18.0 Å². The number of rotatable bonds is 2. The van der Waals surface area contributed by atoms with E-state index in [1.54, 1.807) is 0 Å². The van der Waals surface area contributed by atoms with Crippen molar-refractivity contribution in [3.63, 3.8) is 0 Å². The van der Waals surface area contributed by atoms with E-state index in [1.165, 1.54) is 0 Å². The third-order valence-corrected chi connectivity index (χ3v) is 6.73. The number of pyridine rings is 1. The zero-order chi connectivity index (χ0) is 22.7. The second-order valence-corrected chi connectivity index (χ2v) is 9.39. The summed E-state index contributed by atoms with van der Waals surface area (Å²) in [5, 5.41) is 0.364. The molecular weight excluding hydrogens is 412 g/mol. The van der Waals surface area contributed by atoms with Gasteiger partial charge in [0.15, 0.2) is 11.4 Å². The van der Waals surface area contributed by atoms with E-state index < -0.39 is 0 Å². The van der Waals surface area contributed by atoms with E-state index in [2.05, 4.69) is 23.7 Å². The monoisotopic (exact) mass is 436 g/mol. The number of carbonyl (C=O) groups excluding carboxylic acids is 1. The quantitative estimate of drug-likeness (QED) is 0.435. The van der Waals surface area contributed by atoms with E-state index in [-0.39, 0.29) is 11.3 Å². The number of hydrogen-bond acceptors (Lipinski definition) is 5. The summed E-state index contributed by atoms with van der Waals surface area (Å²) < 4.78 is 0. The van der Waals surface area contributed by atoms with Crippen molar-refractivity contribution in [1.82, 2.24) is 15.0 Å². The Bertz CT molecular complexity index is 1470. The average Bonchev–Trinajstić information content (AvgIpc) is 3.09. The first kappa shape index (κ1) is 19.9. The number of ketones is 1. The highest BCUT2D eigenvalue weighted by Crippen LogP contribution is 2.42. The van der Waals surface area contributed by atoms with E-state index in [0.29, 0.717) is 51.2 Å². The number of fused-ring (bicyclic) bond motifs is 4. The van der Waals surface area contributed by atoms with Crippen molar-refractivity contribution in [3.05, 3.63) is 76.1 Å². The van der Waals surface area contributed by atoms with E-state index >= 15 is 0 Å². The molecule has 6 heteroatoms. The summed E-state index contributed by atoms with van der Waals surface area (Å²) in [6.45, 7) is 6.14. The van der Waals surface area contributed by atoms with Gasteiger partial charge < -0.3 is 4.90 Å². The lowest BCUT2D eigenvalue weighted by Crippen LogP contribution is -2.40. The minimum atomic E-state index is -0.265. The molecule has 2 aromatic heterocycles. The van der Waals surface area contributed by atoms with Crippen LogP contribution in [-0.2, 0) is 0 Å². The van der Waals surface area contributed by atoms with Crippen molar-refractivity contribution in [2.45, 2.75) is 20.3 Å². The molecule has 1 N–H and O–H groups in total. The Kier molecular flexibility index (Phi) is 4.43. The first-order chi connectivity index (χ1) is 16.0. The highest BCUT2D eigenvalue weighted by atomic mass is 16.1. The van der Waals surface area contributed by atoms with Crippen LogP contribution in [0.4, 0.5) is 5.95 Å². The molecule has 6 nitrogen and oxygen atoms in total. The Hall–Kier alpha value is -3.80. The molecule has 1 saturated heterocycles. The van der Waals surface area contributed by atoms with Gasteiger partial charge in [0, 0.05) is 29.8 Å². The predicted octanol–water partition coefficient (Wildman–Crippen LogP) is 4.68. The van der Waals surface area contributed by atoms with Gasteiger partial charge in [0.2, 0.25) is 5.95 Å². The van der Waals surface area contributed by atoms with Crippen molar-refractivity contribution < 1.29 is 4.79 Å². The van der Waals surface area contributed by atoms with Gasteiger partial charge in [0.1, 0.15) is 0 Å². The lowest BCUT2D eigenvalue weighted by Gasteiger charge is -2.35. The minimum Gasteiger partial charge on any atom is -0.342 e. The number of aromatic amines is 1. The van der Waals surface area contributed by atoms with Gasteiger partial charge >= 0.3 is 0 Å². The number of piperidine rings is 1. The fraction of sp³-hybridized carbons (Fsp3) is 0.259. The third-order valence-electron chi connectivity index (χ3n) is 6.73. The maximum atomic E-state index is 13.5. The summed E-state index contributed by atoms with van der Waals surface area (Å²) in [5.74, 6) is 1.49. The zero-order valence-electron chi connectivity index (χ0n) is 18.6. The maximum absolute atomic E-state index is 13.5. The molecule has 2 aromatic carbocycles. The second-order valence-electron chi connectivity index (χ2n) is 9.39. The molecule has 0 radical (unpaired) electrons. The standard InChI is InChI=1S/C27H24N4O2/c1-15-12-16(2)14-31(13-15)27-29-25-22(26(33)30-27)20(17-8-4-3-5-9-17)21-23(28-25)18-10-6-7-11-19(18)24(21)32/h3-11,15-16H,12-14H2,1-2H3,(H,28,29,30,33)/t15-,16-/m0/s1. The van der Waals surface area contributed by atoms with Gasteiger partial charge in [0.05, 0.1) is 16.6 Å². The summed E-state index contributed by atoms with van der Waals surface area (Å²) in [6.07, 6.45) is 1.16. The molecule has 0 spiro atoms. The Balaban J connectivity index is 1.66. The molecule has 33 heavy (non-hydrogen) atoms. The van der Waals surface area contributed by atoms with Gasteiger partial charge in [-0.15, -0.1) is 0 Å². The maximum Gasteiger partial charge on any atom is 0.262 e. The highest BCUT2D eigenvalue weighted by molar-refractivity contribution is 6.26. The molecule has 0 amide bonds. The van der Waals surface area contributed by atoms with E-state index in [1.807, 2.05) is 54.6 Å². The van der Waals surface area contributed by atoms with Crippen LogP contribution < -0.4 is 10.5 Å². The molecule has 2 aliphatic rings. The Morgan fingerprint density at radius 3 is 2.24 bits per heavy atom. The van der Waals surface area contributed by atoms with Gasteiger partial charge in [0.25, 0.3) is 5.56 Å². The molecule has 0 bridgehead atoms. The summed E-state index contributed by atoms with van der Waals surface area (Å²) in [4.78, 5) is 41.8. The van der Waals surface area contributed by atoms with Gasteiger partial charge in [-0.05, 0) is 23.8 Å².